The summed E-state index contributed by atoms with van der Waals surface area (Å²) in [6.07, 6.45) is 5.46. The molecule has 0 unspecified atom stereocenters. The molecule has 0 saturated heterocycles. The maximum Gasteiger partial charge on any atom is 0.202 e. The molecule has 0 spiro atoms. The van der Waals surface area contributed by atoms with Gasteiger partial charge in [-0.1, -0.05) is 0 Å². The summed E-state index contributed by atoms with van der Waals surface area (Å²) in [7, 11) is 1.85. The fourth-order valence-corrected chi connectivity index (χ4v) is 1.43. The van der Waals surface area contributed by atoms with Crippen molar-refractivity contribution in [1.82, 2.24) is 19.5 Å². The van der Waals surface area contributed by atoms with E-state index in [9.17, 15) is 0 Å². The number of nitrogens with one attached hydrogen (secondary N) is 1. The highest BCUT2D eigenvalue weighted by Gasteiger charge is 2.02. The highest BCUT2D eigenvalue weighted by Crippen LogP contribution is 2.06. The fraction of sp³-hybridized carbons (Fsp3) is 0.300. The van der Waals surface area contributed by atoms with Gasteiger partial charge in [-0.25, -0.2) is 15.0 Å². The first kappa shape index (κ1) is 9.64. The van der Waals surface area contributed by atoms with Crippen LogP contribution in [0.1, 0.15) is 11.5 Å². The molecule has 0 aromatic carbocycles. The van der Waals surface area contributed by atoms with Crippen LogP contribution in [0.4, 0.5) is 5.95 Å². The molecule has 0 aliphatic heterocycles. The van der Waals surface area contributed by atoms with Crippen molar-refractivity contribution in [2.45, 2.75) is 13.5 Å². The van der Waals surface area contributed by atoms with Crippen LogP contribution >= 0.6 is 0 Å². The summed E-state index contributed by atoms with van der Waals surface area (Å²) in [5.74, 6) is 1.63. The van der Waals surface area contributed by atoms with Gasteiger partial charge in [0.2, 0.25) is 5.95 Å². The smallest absolute Gasteiger partial charge is 0.202 e. The molecule has 0 atom stereocenters. The lowest BCUT2D eigenvalue weighted by Crippen LogP contribution is -2.06. The molecule has 0 saturated carbocycles. The van der Waals surface area contributed by atoms with Crippen LogP contribution in [-0.4, -0.2) is 26.6 Å². The van der Waals surface area contributed by atoms with Gasteiger partial charge in [0.1, 0.15) is 5.82 Å². The zero-order valence-electron chi connectivity index (χ0n) is 8.81. The van der Waals surface area contributed by atoms with E-state index in [2.05, 4.69) is 20.3 Å². The second-order valence-electron chi connectivity index (χ2n) is 3.22. The zero-order chi connectivity index (χ0) is 10.7. The quantitative estimate of drug-likeness (QED) is 0.810. The minimum Gasteiger partial charge on any atom is -0.359 e. The summed E-state index contributed by atoms with van der Waals surface area (Å²) in [5, 5.41) is 3.02. The third-order valence-electron chi connectivity index (χ3n) is 2.11. The van der Waals surface area contributed by atoms with Crippen LogP contribution in [0, 0.1) is 6.92 Å². The second kappa shape index (κ2) is 4.08. The van der Waals surface area contributed by atoms with Crippen molar-refractivity contribution in [2.24, 2.45) is 0 Å². The third kappa shape index (κ3) is 2.12. The van der Waals surface area contributed by atoms with Gasteiger partial charge < -0.3 is 9.88 Å². The number of rotatable bonds is 3. The number of anilines is 1. The van der Waals surface area contributed by atoms with Crippen LogP contribution in [0.15, 0.2) is 24.7 Å². The normalized spacial score (nSPS) is 10.3. The molecule has 0 aliphatic rings. The Hall–Kier alpha value is -1.91. The maximum absolute atomic E-state index is 4.34. The van der Waals surface area contributed by atoms with E-state index in [0.29, 0.717) is 6.54 Å². The van der Waals surface area contributed by atoms with Gasteiger partial charge in [0.05, 0.1) is 12.2 Å². The summed E-state index contributed by atoms with van der Waals surface area (Å²) >= 11 is 0. The summed E-state index contributed by atoms with van der Waals surface area (Å²) in [6.45, 7) is 2.59. The van der Waals surface area contributed by atoms with Gasteiger partial charge in [-0.2, -0.15) is 0 Å². The van der Waals surface area contributed by atoms with Crippen LogP contribution < -0.4 is 5.32 Å². The Labute approximate surface area is 88.2 Å². The maximum atomic E-state index is 4.34. The Bertz CT molecular complexity index is 449. The Kier molecular flexibility index (Phi) is 2.62. The molecule has 0 fully saturated rings. The van der Waals surface area contributed by atoms with Gasteiger partial charge in [0.25, 0.3) is 0 Å². The Morgan fingerprint density at radius 2 is 2.20 bits per heavy atom. The number of aryl methyl sites for hydroxylation is 1. The molecule has 0 aliphatic carbocycles. The summed E-state index contributed by atoms with van der Waals surface area (Å²) in [4.78, 5) is 12.6. The van der Waals surface area contributed by atoms with Crippen LogP contribution in [-0.2, 0) is 6.54 Å². The third-order valence-corrected chi connectivity index (χ3v) is 2.11. The Morgan fingerprint density at radius 1 is 1.33 bits per heavy atom. The molecular formula is C10H13N5. The minimum absolute atomic E-state index is 0.708. The molecule has 5 heteroatoms. The molecule has 78 valence electrons. The predicted octanol–water partition coefficient (Wildman–Crippen LogP) is 1.07. The van der Waals surface area contributed by atoms with Crippen molar-refractivity contribution in [3.63, 3.8) is 0 Å². The van der Waals surface area contributed by atoms with Gasteiger partial charge in [0.15, 0.2) is 0 Å². The molecule has 2 aromatic rings. The van der Waals surface area contributed by atoms with Gasteiger partial charge in [0, 0.05) is 25.6 Å². The van der Waals surface area contributed by atoms with Crippen molar-refractivity contribution < 1.29 is 0 Å². The lowest BCUT2D eigenvalue weighted by atomic mass is 10.4. The first-order valence-corrected chi connectivity index (χ1v) is 4.77. The van der Waals surface area contributed by atoms with E-state index in [1.54, 1.807) is 12.4 Å². The number of hydrogen-bond acceptors (Lipinski definition) is 4. The van der Waals surface area contributed by atoms with E-state index in [1.807, 2.05) is 30.8 Å². The van der Waals surface area contributed by atoms with Crippen LogP contribution in [0.25, 0.3) is 0 Å². The molecule has 2 heterocycles. The van der Waals surface area contributed by atoms with Gasteiger partial charge in [-0.05, 0) is 13.0 Å². The topological polar surface area (TPSA) is 55.6 Å². The molecule has 0 amide bonds. The van der Waals surface area contributed by atoms with E-state index < -0.39 is 0 Å². The predicted molar refractivity (Wildman–Crippen MR) is 57.6 cm³/mol. The lowest BCUT2D eigenvalue weighted by Gasteiger charge is -2.06. The lowest BCUT2D eigenvalue weighted by molar-refractivity contribution is 0.769. The first-order valence-electron chi connectivity index (χ1n) is 4.77. The zero-order valence-corrected chi connectivity index (χ0v) is 8.81. The average molecular weight is 203 g/mol. The average Bonchev–Trinajstić information content (AvgIpc) is 2.65. The fourth-order valence-electron chi connectivity index (χ4n) is 1.43. The van der Waals surface area contributed by atoms with Gasteiger partial charge >= 0.3 is 0 Å². The van der Waals surface area contributed by atoms with E-state index in [0.717, 1.165) is 17.5 Å². The van der Waals surface area contributed by atoms with Crippen molar-refractivity contribution >= 4 is 5.95 Å². The number of hydrogen-bond donors (Lipinski definition) is 1. The summed E-state index contributed by atoms with van der Waals surface area (Å²) in [5.41, 5.74) is 0.983. The molecule has 15 heavy (non-hydrogen) atoms. The second-order valence-corrected chi connectivity index (χ2v) is 3.22. The number of nitrogens with zero attached hydrogens (tertiary/aromatic N) is 4. The van der Waals surface area contributed by atoms with Crippen molar-refractivity contribution in [2.75, 3.05) is 12.4 Å². The largest absolute Gasteiger partial charge is 0.359 e. The van der Waals surface area contributed by atoms with E-state index >= 15 is 0 Å². The van der Waals surface area contributed by atoms with Crippen molar-refractivity contribution in [3.05, 3.63) is 36.2 Å². The molecule has 2 rings (SSSR count). The summed E-state index contributed by atoms with van der Waals surface area (Å²) in [6, 6.07) is 1.91. The molecule has 2 aromatic heterocycles. The Balaban J connectivity index is 2.22. The molecule has 1 N–H and O–H groups in total. The molecule has 0 bridgehead atoms. The Morgan fingerprint density at radius 3 is 2.93 bits per heavy atom. The SMILES string of the molecule is CNc1nccn1Cc1ccnc(C)n1. The van der Waals surface area contributed by atoms with Crippen molar-refractivity contribution in [1.29, 1.82) is 0 Å². The molecule has 0 radical (unpaired) electrons. The van der Waals surface area contributed by atoms with Gasteiger partial charge in [-0.3, -0.25) is 0 Å². The van der Waals surface area contributed by atoms with Crippen LogP contribution in [0.2, 0.25) is 0 Å². The van der Waals surface area contributed by atoms with Crippen molar-refractivity contribution in [3.8, 4) is 0 Å². The van der Waals surface area contributed by atoms with E-state index in [-0.39, 0.29) is 0 Å². The van der Waals surface area contributed by atoms with Crippen LogP contribution in [0.5, 0.6) is 0 Å². The standard InChI is InChI=1S/C10H13N5/c1-8-12-4-3-9(14-8)7-15-6-5-13-10(15)11-2/h3-6H,7H2,1-2H3,(H,11,13). The van der Waals surface area contributed by atoms with E-state index in [1.165, 1.54) is 0 Å². The first-order chi connectivity index (χ1) is 7.29. The highest BCUT2D eigenvalue weighted by molar-refractivity contribution is 5.25. The monoisotopic (exact) mass is 203 g/mol. The summed E-state index contributed by atoms with van der Waals surface area (Å²) < 4.78 is 2.00. The highest BCUT2D eigenvalue weighted by atomic mass is 15.2. The molecular weight excluding hydrogens is 190 g/mol. The number of aromatic nitrogens is 4. The van der Waals surface area contributed by atoms with Gasteiger partial charge in [-0.15, -0.1) is 0 Å². The minimum atomic E-state index is 0.708. The van der Waals surface area contributed by atoms with E-state index in [4.69, 9.17) is 0 Å². The number of imidazole rings is 1. The van der Waals surface area contributed by atoms with Crippen LogP contribution in [0.3, 0.4) is 0 Å². The molecule has 5 nitrogen and oxygen atoms in total.